The summed E-state index contributed by atoms with van der Waals surface area (Å²) in [4.78, 5) is 28.6. The lowest BCUT2D eigenvalue weighted by Gasteiger charge is -2.13. The van der Waals surface area contributed by atoms with Crippen molar-refractivity contribution < 1.29 is 18.0 Å². The Labute approximate surface area is 159 Å². The molecule has 2 aliphatic rings. The van der Waals surface area contributed by atoms with Crippen molar-refractivity contribution in [2.45, 2.75) is 56.1 Å². The normalized spacial score (nSPS) is 20.8. The van der Waals surface area contributed by atoms with Crippen LogP contribution in [0.3, 0.4) is 0 Å². The van der Waals surface area contributed by atoms with Gasteiger partial charge in [-0.1, -0.05) is 31.9 Å². The van der Waals surface area contributed by atoms with E-state index in [2.05, 4.69) is 4.99 Å². The zero-order chi connectivity index (χ0) is 19.8. The molecule has 1 aromatic carbocycles. The van der Waals surface area contributed by atoms with Gasteiger partial charge in [0.25, 0.3) is 0 Å². The second-order valence-corrected chi connectivity index (χ2v) is 9.34. The Morgan fingerprint density at radius 2 is 1.74 bits per heavy atom. The summed E-state index contributed by atoms with van der Waals surface area (Å²) in [7, 11) is -3.35. The van der Waals surface area contributed by atoms with Gasteiger partial charge in [-0.3, -0.25) is 9.59 Å². The average Bonchev–Trinajstić information content (AvgIpc) is 3.29. The molecule has 1 saturated carbocycles. The Kier molecular flexibility index (Phi) is 5.33. The molecule has 0 radical (unpaired) electrons. The molecule has 0 bridgehead atoms. The number of carbonyl (C=O) groups excluding carboxylic acids is 2. The summed E-state index contributed by atoms with van der Waals surface area (Å²) >= 11 is 0. The summed E-state index contributed by atoms with van der Waals surface area (Å²) in [5, 5.41) is -0.318. The fourth-order valence-electron chi connectivity index (χ4n) is 3.98. The number of sulfone groups is 1. The maximum absolute atomic E-state index is 12.7. The van der Waals surface area contributed by atoms with Crippen molar-refractivity contribution in [1.82, 2.24) is 0 Å². The third-order valence-electron chi connectivity index (χ3n) is 5.40. The van der Waals surface area contributed by atoms with Gasteiger partial charge in [0.2, 0.25) is 5.91 Å². The zero-order valence-corrected chi connectivity index (χ0v) is 16.4. The molecule has 27 heavy (non-hydrogen) atoms. The smallest absolute Gasteiger partial charge is 0.247 e. The third-order valence-corrected chi connectivity index (χ3v) is 7.68. The molecule has 2 N–H and O–H groups in total. The van der Waals surface area contributed by atoms with Crippen molar-refractivity contribution in [3.63, 3.8) is 0 Å². The van der Waals surface area contributed by atoms with Crippen molar-refractivity contribution in [2.75, 3.05) is 0 Å². The van der Waals surface area contributed by atoms with Crippen LogP contribution in [0.2, 0.25) is 0 Å². The van der Waals surface area contributed by atoms with E-state index >= 15 is 0 Å². The number of hydrogen-bond donors (Lipinski definition) is 1. The number of carbonyl (C=O) groups is 2. The highest BCUT2D eigenvalue weighted by Gasteiger charge is 2.35. The summed E-state index contributed by atoms with van der Waals surface area (Å²) in [6.45, 7) is 3.28. The van der Waals surface area contributed by atoms with E-state index < -0.39 is 21.7 Å². The molecule has 144 valence electrons. The third kappa shape index (κ3) is 3.48. The molecule has 0 aromatic heterocycles. The monoisotopic (exact) mass is 388 g/mol. The van der Waals surface area contributed by atoms with Gasteiger partial charge in [-0.05, 0) is 31.4 Å². The van der Waals surface area contributed by atoms with E-state index in [4.69, 9.17) is 5.73 Å². The van der Waals surface area contributed by atoms with Crippen LogP contribution < -0.4 is 5.73 Å². The van der Waals surface area contributed by atoms with Gasteiger partial charge < -0.3 is 5.73 Å². The number of primary amides is 1. The van der Waals surface area contributed by atoms with Crippen molar-refractivity contribution in [3.05, 3.63) is 35.4 Å². The lowest BCUT2D eigenvalue weighted by Crippen LogP contribution is -2.26. The molecule has 1 heterocycles. The second-order valence-electron chi connectivity index (χ2n) is 7.12. The molecule has 0 saturated heterocycles. The first-order valence-electron chi connectivity index (χ1n) is 9.25. The first-order valence-corrected chi connectivity index (χ1v) is 10.8. The van der Waals surface area contributed by atoms with E-state index in [9.17, 15) is 18.0 Å². The minimum atomic E-state index is -3.35. The van der Waals surface area contributed by atoms with E-state index in [1.807, 2.05) is 6.92 Å². The Hall–Kier alpha value is -2.28. The first kappa shape index (κ1) is 19.5. The van der Waals surface area contributed by atoms with Crippen LogP contribution in [0.15, 0.2) is 39.7 Å². The highest BCUT2D eigenvalue weighted by atomic mass is 32.2. The van der Waals surface area contributed by atoms with E-state index in [1.54, 1.807) is 24.3 Å². The number of aliphatic imine (C=N–C) groups is 1. The fourth-order valence-corrected chi connectivity index (χ4v) is 5.84. The van der Waals surface area contributed by atoms with Crippen molar-refractivity contribution in [3.8, 4) is 0 Å². The molecule has 7 heteroatoms. The molecular weight excluding hydrogens is 364 g/mol. The molecule has 6 nitrogen and oxygen atoms in total. The predicted octanol–water partition coefficient (Wildman–Crippen LogP) is 2.67. The fraction of sp³-hybridized carbons (Fsp3) is 0.450. The SMILES string of the molecule is CCC1C(C(C)=O)=NC(c2ccc(S(=O)(=O)C3CCCC3)cc2)=C1C(N)=O. The van der Waals surface area contributed by atoms with E-state index in [0.717, 1.165) is 12.8 Å². The van der Waals surface area contributed by atoms with E-state index in [1.165, 1.54) is 6.92 Å². The Morgan fingerprint density at radius 3 is 2.22 bits per heavy atom. The summed E-state index contributed by atoms with van der Waals surface area (Å²) in [6.07, 6.45) is 3.82. The molecule has 1 aromatic rings. The standard InChI is InChI=1S/C20H24N2O4S/c1-3-16-17(20(21)24)19(22-18(16)12(2)23)13-8-10-15(11-9-13)27(25,26)14-6-4-5-7-14/h8-11,14,16H,3-7H2,1-2H3,(H2,21,24). The quantitative estimate of drug-likeness (QED) is 0.808. The lowest BCUT2D eigenvalue weighted by molar-refractivity contribution is -0.114. The summed E-state index contributed by atoms with van der Waals surface area (Å²) in [5.74, 6) is -1.23. The molecule has 1 fully saturated rings. The molecule has 1 amide bonds. The van der Waals surface area contributed by atoms with E-state index in [-0.39, 0.29) is 15.9 Å². The van der Waals surface area contributed by atoms with Gasteiger partial charge >= 0.3 is 0 Å². The largest absolute Gasteiger partial charge is 0.366 e. The average molecular weight is 388 g/mol. The highest BCUT2D eigenvalue weighted by molar-refractivity contribution is 7.92. The van der Waals surface area contributed by atoms with Crippen LogP contribution in [-0.4, -0.2) is 31.1 Å². The van der Waals surface area contributed by atoms with Gasteiger partial charge in [-0.25, -0.2) is 13.4 Å². The van der Waals surface area contributed by atoms with Crippen molar-refractivity contribution >= 4 is 32.9 Å². The van der Waals surface area contributed by atoms with Crippen LogP contribution in [-0.2, 0) is 19.4 Å². The van der Waals surface area contributed by atoms with Crippen molar-refractivity contribution in [1.29, 1.82) is 0 Å². The van der Waals surface area contributed by atoms with Crippen LogP contribution in [0.5, 0.6) is 0 Å². The second kappa shape index (κ2) is 7.38. The molecular formula is C20H24N2O4S. The number of rotatable bonds is 6. The van der Waals surface area contributed by atoms with Crippen LogP contribution >= 0.6 is 0 Å². The first-order chi connectivity index (χ1) is 12.8. The maximum Gasteiger partial charge on any atom is 0.247 e. The van der Waals surface area contributed by atoms with Crippen LogP contribution in [0.4, 0.5) is 0 Å². The van der Waals surface area contributed by atoms with Gasteiger partial charge in [-0.15, -0.1) is 0 Å². The van der Waals surface area contributed by atoms with Crippen LogP contribution in [0, 0.1) is 5.92 Å². The molecule has 1 unspecified atom stereocenters. The molecule has 1 aliphatic heterocycles. The molecule has 0 spiro atoms. The van der Waals surface area contributed by atoms with Gasteiger partial charge in [0, 0.05) is 18.4 Å². The summed E-state index contributed by atoms with van der Waals surface area (Å²) < 4.78 is 25.4. The molecule has 3 rings (SSSR count). The summed E-state index contributed by atoms with van der Waals surface area (Å²) in [5.41, 5.74) is 7.15. The van der Waals surface area contributed by atoms with Crippen LogP contribution in [0.1, 0.15) is 51.5 Å². The van der Waals surface area contributed by atoms with E-state index in [0.29, 0.717) is 41.8 Å². The topological polar surface area (TPSA) is 107 Å². The number of Topliss-reactive ketones (excluding diaryl/α,β-unsaturated/α-hetero) is 1. The predicted molar refractivity (Wildman–Crippen MR) is 104 cm³/mol. The Bertz CT molecular complexity index is 937. The molecule has 1 aliphatic carbocycles. The van der Waals surface area contributed by atoms with Crippen LogP contribution in [0.25, 0.3) is 5.70 Å². The number of nitrogens with zero attached hydrogens (tertiary/aromatic N) is 1. The maximum atomic E-state index is 12.7. The Balaban J connectivity index is 2.01. The number of amides is 1. The lowest BCUT2D eigenvalue weighted by atomic mass is 9.89. The van der Waals surface area contributed by atoms with Gasteiger partial charge in [0.15, 0.2) is 15.6 Å². The van der Waals surface area contributed by atoms with Gasteiger partial charge in [-0.2, -0.15) is 0 Å². The number of benzene rings is 1. The zero-order valence-electron chi connectivity index (χ0n) is 15.6. The summed E-state index contributed by atoms with van der Waals surface area (Å²) in [6, 6.07) is 6.38. The molecule has 1 atom stereocenters. The number of hydrogen-bond acceptors (Lipinski definition) is 5. The highest BCUT2D eigenvalue weighted by Crippen LogP contribution is 2.36. The van der Waals surface area contributed by atoms with Gasteiger partial charge in [0.1, 0.15) is 0 Å². The van der Waals surface area contributed by atoms with Gasteiger partial charge in [0.05, 0.1) is 27.1 Å². The Morgan fingerprint density at radius 1 is 1.15 bits per heavy atom. The number of nitrogens with two attached hydrogens (primary N) is 1. The van der Waals surface area contributed by atoms with Crippen molar-refractivity contribution in [2.24, 2.45) is 16.6 Å². The number of ketones is 1. The minimum Gasteiger partial charge on any atom is -0.366 e. The minimum absolute atomic E-state index is 0.198.